The summed E-state index contributed by atoms with van der Waals surface area (Å²) in [6.45, 7) is 0. The molecule has 3 rings (SSSR count). The molecule has 0 saturated carbocycles. The van der Waals surface area contributed by atoms with Crippen LogP contribution in [0.4, 0.5) is 5.82 Å². The van der Waals surface area contributed by atoms with E-state index in [2.05, 4.69) is 4.98 Å². The van der Waals surface area contributed by atoms with Gasteiger partial charge in [-0.3, -0.25) is 0 Å². The first-order valence-electron chi connectivity index (χ1n) is 8.02. The molecule has 0 unspecified atom stereocenters. The Labute approximate surface area is 151 Å². The molecular weight excluding hydrogens is 340 g/mol. The first-order valence-corrected chi connectivity index (χ1v) is 9.07. The molecule has 134 valence electrons. The fourth-order valence-corrected chi connectivity index (χ4v) is 3.71. The fourth-order valence-electron chi connectivity index (χ4n) is 2.59. The van der Waals surface area contributed by atoms with Crippen molar-refractivity contribution in [2.45, 2.75) is 23.7 Å². The van der Waals surface area contributed by atoms with Crippen LogP contribution in [0.25, 0.3) is 11.1 Å². The minimum atomic E-state index is -1.20. The van der Waals surface area contributed by atoms with Crippen molar-refractivity contribution in [2.24, 2.45) is 0 Å². The molecule has 2 aromatic rings. The van der Waals surface area contributed by atoms with Crippen LogP contribution in [0.1, 0.15) is 0 Å². The second-order valence-electron chi connectivity index (χ2n) is 6.20. The quantitative estimate of drug-likeness (QED) is 0.757. The summed E-state index contributed by atoms with van der Waals surface area (Å²) >= 11 is 1.28. The van der Waals surface area contributed by atoms with E-state index in [9.17, 15) is 15.3 Å². The van der Waals surface area contributed by atoms with Gasteiger partial charge in [-0.1, -0.05) is 12.1 Å². The highest BCUT2D eigenvalue weighted by molar-refractivity contribution is 7.99. The third-order valence-corrected chi connectivity index (χ3v) is 5.32. The lowest BCUT2D eigenvalue weighted by molar-refractivity contribution is -0.0786. The second kappa shape index (κ2) is 7.61. The number of aliphatic hydroxyl groups excluding tert-OH is 3. The minimum absolute atomic E-state index is 0.318. The number of pyridine rings is 1. The van der Waals surface area contributed by atoms with Crippen LogP contribution in [0.15, 0.2) is 42.6 Å². The van der Waals surface area contributed by atoms with E-state index < -0.39 is 23.7 Å². The van der Waals surface area contributed by atoms with Gasteiger partial charge in [-0.15, -0.1) is 11.8 Å². The molecule has 1 fully saturated rings. The number of aromatic nitrogens is 1. The van der Waals surface area contributed by atoms with E-state index in [-0.39, 0.29) is 0 Å². The summed E-state index contributed by atoms with van der Waals surface area (Å²) in [7, 11) is 3.88. The number of thioether (sulfide) groups is 1. The van der Waals surface area contributed by atoms with E-state index in [1.54, 1.807) is 12.3 Å². The smallest absolute Gasteiger partial charge is 0.173 e. The van der Waals surface area contributed by atoms with Crippen LogP contribution in [-0.2, 0) is 0 Å². The van der Waals surface area contributed by atoms with Crippen LogP contribution in [0.3, 0.4) is 0 Å². The van der Waals surface area contributed by atoms with Crippen LogP contribution in [0.2, 0.25) is 0 Å². The van der Waals surface area contributed by atoms with Crippen molar-refractivity contribution in [2.75, 3.05) is 24.7 Å². The monoisotopic (exact) mass is 362 g/mol. The van der Waals surface area contributed by atoms with Crippen LogP contribution in [-0.4, -0.2) is 63.9 Å². The maximum atomic E-state index is 10.1. The average Bonchev–Trinajstić information content (AvgIpc) is 2.62. The molecular formula is C18H22N2O4S. The first kappa shape index (κ1) is 18.0. The lowest BCUT2D eigenvalue weighted by Crippen LogP contribution is -2.50. The SMILES string of the molecule is CN(C)c1ccc(-c2cccc(O[C@H]3SC[C@@H](O)[C@H](O)[C@H]3O)c2)cn1. The molecule has 3 N–H and O–H groups in total. The van der Waals surface area contributed by atoms with Crippen molar-refractivity contribution in [3.05, 3.63) is 42.6 Å². The number of rotatable bonds is 4. The van der Waals surface area contributed by atoms with Crippen molar-refractivity contribution in [1.82, 2.24) is 4.98 Å². The van der Waals surface area contributed by atoms with Crippen molar-refractivity contribution in [3.8, 4) is 16.9 Å². The standard InChI is InChI=1S/C18H22N2O4S/c1-20(2)15-7-6-12(9-19-15)11-4-3-5-13(8-11)24-18-17(23)16(22)14(21)10-25-18/h3-9,14,16-18,21-23H,10H2,1-2H3/t14-,16+,17-,18+/m1/s1. The summed E-state index contributed by atoms with van der Waals surface area (Å²) in [6.07, 6.45) is -1.47. The fraction of sp³-hybridized carbons (Fsp3) is 0.389. The van der Waals surface area contributed by atoms with Gasteiger partial charge in [-0.2, -0.15) is 0 Å². The molecule has 1 aromatic heterocycles. The number of anilines is 1. The lowest BCUT2D eigenvalue weighted by atomic mass is 10.1. The molecule has 0 amide bonds. The molecule has 0 bridgehead atoms. The molecule has 6 nitrogen and oxygen atoms in total. The number of nitrogens with zero attached hydrogens (tertiary/aromatic N) is 2. The number of hydrogen-bond donors (Lipinski definition) is 3. The lowest BCUT2D eigenvalue weighted by Gasteiger charge is -2.34. The molecule has 1 aliphatic rings. The molecule has 25 heavy (non-hydrogen) atoms. The van der Waals surface area contributed by atoms with E-state index in [0.717, 1.165) is 16.9 Å². The topological polar surface area (TPSA) is 86.1 Å². The van der Waals surface area contributed by atoms with Crippen molar-refractivity contribution >= 4 is 17.6 Å². The molecule has 0 radical (unpaired) electrons. The Morgan fingerprint density at radius 1 is 1.08 bits per heavy atom. The van der Waals surface area contributed by atoms with Gasteiger partial charge < -0.3 is 25.0 Å². The summed E-state index contributed by atoms with van der Waals surface area (Å²) in [6, 6.07) is 11.4. The van der Waals surface area contributed by atoms with Crippen molar-refractivity contribution in [1.29, 1.82) is 0 Å². The largest absolute Gasteiger partial charge is 0.477 e. The first-order chi connectivity index (χ1) is 12.0. The Bertz CT molecular complexity index is 710. The average molecular weight is 362 g/mol. The van der Waals surface area contributed by atoms with Gasteiger partial charge in [-0.05, 0) is 29.8 Å². The predicted molar refractivity (Wildman–Crippen MR) is 98.9 cm³/mol. The van der Waals surface area contributed by atoms with E-state index in [0.29, 0.717) is 11.5 Å². The van der Waals surface area contributed by atoms with Gasteiger partial charge in [0.1, 0.15) is 23.8 Å². The Morgan fingerprint density at radius 2 is 1.88 bits per heavy atom. The molecule has 0 spiro atoms. The number of ether oxygens (including phenoxy) is 1. The van der Waals surface area contributed by atoms with E-state index >= 15 is 0 Å². The van der Waals surface area contributed by atoms with Crippen molar-refractivity contribution < 1.29 is 20.1 Å². The predicted octanol–water partition coefficient (Wildman–Crippen LogP) is 1.35. The van der Waals surface area contributed by atoms with E-state index in [1.807, 2.05) is 49.3 Å². The maximum absolute atomic E-state index is 10.1. The molecule has 1 saturated heterocycles. The number of aliphatic hydroxyl groups is 3. The summed E-state index contributed by atoms with van der Waals surface area (Å²) in [5.74, 6) is 1.79. The Hall–Kier alpha value is -1.80. The van der Waals surface area contributed by atoms with Gasteiger partial charge in [0.05, 0.1) is 6.10 Å². The summed E-state index contributed by atoms with van der Waals surface area (Å²) in [4.78, 5) is 6.35. The highest BCUT2D eigenvalue weighted by Gasteiger charge is 2.38. The maximum Gasteiger partial charge on any atom is 0.173 e. The number of benzene rings is 1. The Balaban J connectivity index is 1.75. The molecule has 1 aromatic carbocycles. The molecule has 1 aliphatic heterocycles. The van der Waals surface area contributed by atoms with E-state index in [4.69, 9.17) is 4.74 Å². The normalized spacial score (nSPS) is 26.3. The highest BCUT2D eigenvalue weighted by atomic mass is 32.2. The molecule has 2 heterocycles. The zero-order chi connectivity index (χ0) is 18.0. The zero-order valence-corrected chi connectivity index (χ0v) is 14.9. The highest BCUT2D eigenvalue weighted by Crippen LogP contribution is 2.31. The van der Waals surface area contributed by atoms with Crippen LogP contribution < -0.4 is 9.64 Å². The van der Waals surface area contributed by atoms with Gasteiger partial charge in [0.25, 0.3) is 0 Å². The van der Waals surface area contributed by atoms with Crippen molar-refractivity contribution in [3.63, 3.8) is 0 Å². The third-order valence-electron chi connectivity index (χ3n) is 4.08. The van der Waals surface area contributed by atoms with Gasteiger partial charge in [0.2, 0.25) is 0 Å². The summed E-state index contributed by atoms with van der Waals surface area (Å²) in [5.41, 5.74) is 1.29. The van der Waals surface area contributed by atoms with Gasteiger partial charge >= 0.3 is 0 Å². The van der Waals surface area contributed by atoms with E-state index in [1.165, 1.54) is 11.8 Å². The van der Waals surface area contributed by atoms with Crippen LogP contribution >= 0.6 is 11.8 Å². The summed E-state index contributed by atoms with van der Waals surface area (Å²) in [5, 5.41) is 29.4. The summed E-state index contributed by atoms with van der Waals surface area (Å²) < 4.78 is 5.82. The number of hydrogen-bond acceptors (Lipinski definition) is 7. The molecule has 0 aliphatic carbocycles. The van der Waals surface area contributed by atoms with Gasteiger partial charge in [-0.25, -0.2) is 4.98 Å². The van der Waals surface area contributed by atoms with Gasteiger partial charge in [0, 0.05) is 31.6 Å². The van der Waals surface area contributed by atoms with Gasteiger partial charge in [0.15, 0.2) is 5.44 Å². The van der Waals surface area contributed by atoms with Crippen LogP contribution in [0.5, 0.6) is 5.75 Å². The third kappa shape index (κ3) is 4.07. The minimum Gasteiger partial charge on any atom is -0.477 e. The Morgan fingerprint density at radius 3 is 2.56 bits per heavy atom. The molecule has 4 atom stereocenters. The van der Waals surface area contributed by atoms with Crippen LogP contribution in [0, 0.1) is 0 Å². The molecule has 7 heteroatoms. The zero-order valence-electron chi connectivity index (χ0n) is 14.1. The second-order valence-corrected chi connectivity index (χ2v) is 7.33. The Kier molecular flexibility index (Phi) is 5.48.